The van der Waals surface area contributed by atoms with Crippen LogP contribution >= 0.6 is 0 Å². The number of rotatable bonds is 1. The van der Waals surface area contributed by atoms with E-state index in [9.17, 15) is 9.59 Å². The van der Waals surface area contributed by atoms with Crippen LogP contribution in [0.15, 0.2) is 0 Å². The van der Waals surface area contributed by atoms with Crippen LogP contribution in [-0.2, 0) is 4.79 Å². The van der Waals surface area contributed by atoms with Gasteiger partial charge in [-0.2, -0.15) is 0 Å². The Morgan fingerprint density at radius 1 is 1.55 bits per heavy atom. The lowest BCUT2D eigenvalue weighted by Crippen LogP contribution is -2.40. The first-order chi connectivity index (χ1) is 5.25. The van der Waals surface area contributed by atoms with E-state index in [4.69, 9.17) is 0 Å². The molecule has 1 fully saturated rings. The van der Waals surface area contributed by atoms with Crippen LogP contribution in [-0.4, -0.2) is 29.9 Å². The van der Waals surface area contributed by atoms with Crippen LogP contribution < -0.4 is 5.32 Å². The van der Waals surface area contributed by atoms with Crippen molar-refractivity contribution in [3.8, 4) is 0 Å². The molecule has 4 heteroatoms. The molecule has 0 aromatic heterocycles. The van der Waals surface area contributed by atoms with Gasteiger partial charge in [-0.15, -0.1) is 0 Å². The maximum atomic E-state index is 11.1. The van der Waals surface area contributed by atoms with Crippen molar-refractivity contribution < 1.29 is 9.59 Å². The van der Waals surface area contributed by atoms with Crippen LogP contribution in [0.4, 0.5) is 4.79 Å². The predicted octanol–water partition coefficient (Wildman–Crippen LogP) is 0.338. The van der Waals surface area contributed by atoms with Gasteiger partial charge in [0.1, 0.15) is 0 Å². The van der Waals surface area contributed by atoms with Crippen molar-refractivity contribution in [3.05, 3.63) is 0 Å². The van der Waals surface area contributed by atoms with E-state index >= 15 is 0 Å². The van der Waals surface area contributed by atoms with Crippen LogP contribution in [0.1, 0.15) is 19.8 Å². The van der Waals surface area contributed by atoms with Gasteiger partial charge in [0.05, 0.1) is 0 Å². The van der Waals surface area contributed by atoms with E-state index in [0.717, 1.165) is 6.42 Å². The molecule has 1 rings (SSSR count). The summed E-state index contributed by atoms with van der Waals surface area (Å²) in [7, 11) is 0. The summed E-state index contributed by atoms with van der Waals surface area (Å²) in [5.41, 5.74) is 0. The molecule has 0 aromatic carbocycles. The quantitative estimate of drug-likeness (QED) is 0.595. The normalized spacial score (nSPS) is 19.5. The second-order valence-corrected chi connectivity index (χ2v) is 2.47. The van der Waals surface area contributed by atoms with Crippen molar-refractivity contribution in [3.63, 3.8) is 0 Å². The summed E-state index contributed by atoms with van der Waals surface area (Å²) in [6, 6.07) is -0.255. The molecule has 4 nitrogen and oxygen atoms in total. The standard InChI is InChI=1S/C7H12N2O2/c1-2-9-6(10)4-3-5-8-7(9)11/h2-5H2,1H3,(H,8,11). The second-order valence-electron chi connectivity index (χ2n) is 2.47. The zero-order valence-corrected chi connectivity index (χ0v) is 6.59. The van der Waals surface area contributed by atoms with Crippen molar-refractivity contribution in [1.82, 2.24) is 10.2 Å². The van der Waals surface area contributed by atoms with Crippen LogP contribution in [0.25, 0.3) is 0 Å². The highest BCUT2D eigenvalue weighted by molar-refractivity contribution is 5.95. The van der Waals surface area contributed by atoms with Gasteiger partial charge in [0.15, 0.2) is 0 Å². The third kappa shape index (κ3) is 1.69. The average Bonchev–Trinajstić information content (AvgIpc) is 2.12. The summed E-state index contributed by atoms with van der Waals surface area (Å²) in [4.78, 5) is 23.4. The topological polar surface area (TPSA) is 49.4 Å². The Balaban J connectivity index is 2.66. The fourth-order valence-electron chi connectivity index (χ4n) is 1.10. The number of carbonyl (C=O) groups is 2. The lowest BCUT2D eigenvalue weighted by Gasteiger charge is -2.14. The number of carbonyl (C=O) groups excluding carboxylic acids is 2. The maximum Gasteiger partial charge on any atom is 0.324 e. The molecule has 0 bridgehead atoms. The van der Waals surface area contributed by atoms with Crippen molar-refractivity contribution in [2.45, 2.75) is 19.8 Å². The first kappa shape index (κ1) is 8.04. The molecule has 1 heterocycles. The molecule has 62 valence electrons. The number of nitrogens with one attached hydrogen (secondary N) is 1. The van der Waals surface area contributed by atoms with Crippen LogP contribution in [0.3, 0.4) is 0 Å². The zero-order chi connectivity index (χ0) is 8.27. The fraction of sp³-hybridized carbons (Fsp3) is 0.714. The minimum Gasteiger partial charge on any atom is -0.338 e. The highest BCUT2D eigenvalue weighted by atomic mass is 16.2. The Morgan fingerprint density at radius 3 is 2.91 bits per heavy atom. The van der Waals surface area contributed by atoms with Crippen molar-refractivity contribution >= 4 is 11.9 Å². The van der Waals surface area contributed by atoms with E-state index in [1.54, 1.807) is 6.92 Å². The monoisotopic (exact) mass is 156 g/mol. The summed E-state index contributed by atoms with van der Waals surface area (Å²) < 4.78 is 0. The molecule has 0 aliphatic carbocycles. The summed E-state index contributed by atoms with van der Waals surface area (Å²) in [5, 5.41) is 2.64. The zero-order valence-electron chi connectivity index (χ0n) is 6.59. The van der Waals surface area contributed by atoms with Crippen LogP contribution in [0.5, 0.6) is 0 Å². The molecule has 1 saturated heterocycles. The van der Waals surface area contributed by atoms with Crippen LogP contribution in [0.2, 0.25) is 0 Å². The van der Waals surface area contributed by atoms with E-state index in [1.165, 1.54) is 4.90 Å². The summed E-state index contributed by atoms with van der Waals surface area (Å²) >= 11 is 0. The Labute approximate surface area is 65.6 Å². The minimum atomic E-state index is -0.255. The Morgan fingerprint density at radius 2 is 2.27 bits per heavy atom. The van der Waals surface area contributed by atoms with Gasteiger partial charge in [0.2, 0.25) is 5.91 Å². The molecule has 0 atom stereocenters. The summed E-state index contributed by atoms with van der Waals surface area (Å²) in [6.07, 6.45) is 1.23. The molecule has 1 N–H and O–H groups in total. The largest absolute Gasteiger partial charge is 0.338 e. The molecule has 1 aliphatic rings. The van der Waals surface area contributed by atoms with Crippen LogP contribution in [0, 0.1) is 0 Å². The van der Waals surface area contributed by atoms with Gasteiger partial charge in [-0.3, -0.25) is 9.69 Å². The number of amides is 3. The van der Waals surface area contributed by atoms with Gasteiger partial charge in [-0.05, 0) is 13.3 Å². The van der Waals surface area contributed by atoms with E-state index in [2.05, 4.69) is 5.32 Å². The second kappa shape index (κ2) is 3.37. The SMILES string of the molecule is CCN1C(=O)CCCNC1=O. The van der Waals surface area contributed by atoms with Gasteiger partial charge in [-0.1, -0.05) is 0 Å². The molecule has 0 spiro atoms. The molecule has 1 aliphatic heterocycles. The molecular weight excluding hydrogens is 144 g/mol. The molecule has 0 radical (unpaired) electrons. The molecule has 0 saturated carbocycles. The first-order valence-corrected chi connectivity index (χ1v) is 3.84. The number of hydrogen-bond acceptors (Lipinski definition) is 2. The Hall–Kier alpha value is -1.06. The van der Waals surface area contributed by atoms with E-state index in [0.29, 0.717) is 19.5 Å². The lowest BCUT2D eigenvalue weighted by molar-refractivity contribution is -0.127. The van der Waals surface area contributed by atoms with E-state index < -0.39 is 0 Å². The fourth-order valence-corrected chi connectivity index (χ4v) is 1.10. The van der Waals surface area contributed by atoms with Crippen molar-refractivity contribution in [2.24, 2.45) is 0 Å². The number of urea groups is 1. The molecular formula is C7H12N2O2. The third-order valence-corrected chi connectivity index (χ3v) is 1.71. The molecule has 11 heavy (non-hydrogen) atoms. The third-order valence-electron chi connectivity index (χ3n) is 1.71. The number of imide groups is 1. The van der Waals surface area contributed by atoms with Gasteiger partial charge in [0, 0.05) is 19.5 Å². The number of nitrogens with zero attached hydrogens (tertiary/aromatic N) is 1. The Bertz CT molecular complexity index is 161. The summed E-state index contributed by atoms with van der Waals surface area (Å²) in [5.74, 6) is -0.0671. The maximum absolute atomic E-state index is 11.1. The number of hydrogen-bond donors (Lipinski definition) is 1. The highest BCUT2D eigenvalue weighted by Gasteiger charge is 2.21. The smallest absolute Gasteiger partial charge is 0.324 e. The van der Waals surface area contributed by atoms with Gasteiger partial charge in [0.25, 0.3) is 0 Å². The summed E-state index contributed by atoms with van der Waals surface area (Å²) in [6.45, 7) is 2.87. The molecule has 0 unspecified atom stereocenters. The first-order valence-electron chi connectivity index (χ1n) is 3.84. The van der Waals surface area contributed by atoms with E-state index in [-0.39, 0.29) is 11.9 Å². The van der Waals surface area contributed by atoms with Crippen molar-refractivity contribution in [1.29, 1.82) is 0 Å². The molecule has 0 aromatic rings. The Kier molecular flexibility index (Phi) is 2.46. The van der Waals surface area contributed by atoms with Gasteiger partial charge in [-0.25, -0.2) is 4.79 Å². The van der Waals surface area contributed by atoms with Crippen molar-refractivity contribution in [2.75, 3.05) is 13.1 Å². The molecule has 3 amide bonds. The van der Waals surface area contributed by atoms with Gasteiger partial charge < -0.3 is 5.32 Å². The minimum absolute atomic E-state index is 0.0671. The predicted molar refractivity (Wildman–Crippen MR) is 40.0 cm³/mol. The highest BCUT2D eigenvalue weighted by Crippen LogP contribution is 2.01. The average molecular weight is 156 g/mol. The van der Waals surface area contributed by atoms with Gasteiger partial charge >= 0.3 is 6.03 Å². The van der Waals surface area contributed by atoms with E-state index in [1.807, 2.05) is 0 Å². The lowest BCUT2D eigenvalue weighted by atomic mass is 10.3.